The van der Waals surface area contributed by atoms with Gasteiger partial charge in [0.25, 0.3) is 0 Å². The van der Waals surface area contributed by atoms with Crippen LogP contribution in [0.15, 0.2) is 23.2 Å². The molecule has 1 heterocycles. The number of hydrogen-bond donors (Lipinski definition) is 0. The van der Waals surface area contributed by atoms with Crippen molar-refractivity contribution in [1.82, 2.24) is 4.98 Å². The number of ether oxygens (including phenoxy) is 1. The summed E-state index contributed by atoms with van der Waals surface area (Å²) < 4.78 is 16.1. The van der Waals surface area contributed by atoms with Crippen LogP contribution >= 0.6 is 0 Å². The molecule has 3 nitrogen and oxygen atoms in total. The molecule has 0 aliphatic rings. The molecule has 1 rings (SSSR count). The molecule has 4 heteroatoms. The highest BCUT2D eigenvalue weighted by molar-refractivity contribution is 7.84. The van der Waals surface area contributed by atoms with Gasteiger partial charge >= 0.3 is 0 Å². The lowest BCUT2D eigenvalue weighted by molar-refractivity contribution is 0.324. The van der Waals surface area contributed by atoms with Crippen molar-refractivity contribution in [3.05, 3.63) is 18.2 Å². The standard InChI is InChI=1S/C8H11NO2S/c1-3-11-7-5-4-6-8(9-7)12(2)10/h4-6H,3H2,1-2H3. The topological polar surface area (TPSA) is 39.2 Å². The lowest BCUT2D eigenvalue weighted by Crippen LogP contribution is -1.97. The van der Waals surface area contributed by atoms with Crippen LogP contribution in [0.1, 0.15) is 6.92 Å². The molecule has 1 unspecified atom stereocenters. The molecule has 0 radical (unpaired) electrons. The van der Waals surface area contributed by atoms with Crippen molar-refractivity contribution in [2.75, 3.05) is 12.9 Å². The maximum atomic E-state index is 11.0. The van der Waals surface area contributed by atoms with Crippen LogP contribution in [-0.4, -0.2) is 22.1 Å². The molecule has 0 aromatic carbocycles. The molecule has 0 amide bonds. The minimum atomic E-state index is -1.03. The van der Waals surface area contributed by atoms with Gasteiger partial charge in [0.2, 0.25) is 5.88 Å². The fourth-order valence-electron chi connectivity index (χ4n) is 0.784. The predicted molar refractivity (Wildman–Crippen MR) is 47.7 cm³/mol. The molecule has 0 saturated carbocycles. The summed E-state index contributed by atoms with van der Waals surface area (Å²) in [6.45, 7) is 2.46. The summed E-state index contributed by atoms with van der Waals surface area (Å²) in [4.78, 5) is 4.04. The Balaban J connectivity index is 2.88. The molecule has 1 aromatic heterocycles. The molecule has 0 N–H and O–H groups in total. The molecule has 0 saturated heterocycles. The van der Waals surface area contributed by atoms with Crippen LogP contribution in [0.25, 0.3) is 0 Å². The molecule has 12 heavy (non-hydrogen) atoms. The molecule has 0 aliphatic carbocycles. The van der Waals surface area contributed by atoms with Gasteiger partial charge < -0.3 is 4.74 Å². The third-order valence-corrected chi connectivity index (χ3v) is 2.10. The molecule has 1 atom stereocenters. The summed E-state index contributed by atoms with van der Waals surface area (Å²) in [5.74, 6) is 0.533. The van der Waals surface area contributed by atoms with Crippen LogP contribution < -0.4 is 4.74 Å². The Morgan fingerprint density at radius 3 is 2.92 bits per heavy atom. The van der Waals surface area contributed by atoms with E-state index < -0.39 is 10.8 Å². The normalized spacial score (nSPS) is 12.5. The van der Waals surface area contributed by atoms with E-state index in [4.69, 9.17) is 4.74 Å². The third-order valence-electron chi connectivity index (χ3n) is 1.28. The van der Waals surface area contributed by atoms with Gasteiger partial charge in [-0.1, -0.05) is 6.07 Å². The number of aromatic nitrogens is 1. The largest absolute Gasteiger partial charge is 0.478 e. The van der Waals surface area contributed by atoms with Gasteiger partial charge in [-0.15, -0.1) is 0 Å². The Morgan fingerprint density at radius 2 is 2.33 bits per heavy atom. The second kappa shape index (κ2) is 4.21. The zero-order valence-electron chi connectivity index (χ0n) is 7.11. The highest BCUT2D eigenvalue weighted by atomic mass is 32.2. The molecule has 66 valence electrons. The average molecular weight is 185 g/mol. The van der Waals surface area contributed by atoms with Crippen LogP contribution in [-0.2, 0) is 10.8 Å². The van der Waals surface area contributed by atoms with Crippen molar-refractivity contribution in [3.63, 3.8) is 0 Å². The zero-order chi connectivity index (χ0) is 8.97. The van der Waals surface area contributed by atoms with Gasteiger partial charge in [0.15, 0.2) is 0 Å². The van der Waals surface area contributed by atoms with Gasteiger partial charge in [-0.25, -0.2) is 4.98 Å². The number of hydrogen-bond acceptors (Lipinski definition) is 3. The first-order chi connectivity index (χ1) is 5.74. The Bertz CT molecular complexity index is 288. The SMILES string of the molecule is CCOc1cccc(S(C)=O)n1. The van der Waals surface area contributed by atoms with E-state index in [1.165, 1.54) is 0 Å². The third kappa shape index (κ3) is 2.30. The summed E-state index contributed by atoms with van der Waals surface area (Å²) in [7, 11) is -1.03. The van der Waals surface area contributed by atoms with Crippen molar-refractivity contribution < 1.29 is 8.95 Å². The summed E-state index contributed by atoms with van der Waals surface area (Å²) in [6, 6.07) is 5.26. The molecular formula is C8H11NO2S. The maximum absolute atomic E-state index is 11.0. The van der Waals surface area contributed by atoms with E-state index in [1.54, 1.807) is 24.5 Å². The van der Waals surface area contributed by atoms with Crippen molar-refractivity contribution >= 4 is 10.8 Å². The monoisotopic (exact) mass is 185 g/mol. The highest BCUT2D eigenvalue weighted by Gasteiger charge is 2.00. The molecule has 0 spiro atoms. The molecule has 0 fully saturated rings. The lowest BCUT2D eigenvalue weighted by Gasteiger charge is -2.01. The van der Waals surface area contributed by atoms with Gasteiger partial charge in [0.05, 0.1) is 17.4 Å². The van der Waals surface area contributed by atoms with E-state index in [-0.39, 0.29) is 0 Å². The first-order valence-electron chi connectivity index (χ1n) is 3.67. The Kier molecular flexibility index (Phi) is 3.22. The van der Waals surface area contributed by atoms with E-state index >= 15 is 0 Å². The second-order valence-electron chi connectivity index (χ2n) is 2.20. The maximum Gasteiger partial charge on any atom is 0.214 e. The summed E-state index contributed by atoms with van der Waals surface area (Å²) in [5.41, 5.74) is 0. The molecular weight excluding hydrogens is 174 g/mol. The first kappa shape index (κ1) is 9.19. The summed E-state index contributed by atoms with van der Waals surface area (Å²) >= 11 is 0. The van der Waals surface area contributed by atoms with Gasteiger partial charge in [-0.05, 0) is 13.0 Å². The van der Waals surface area contributed by atoms with E-state index in [0.29, 0.717) is 17.5 Å². The fourth-order valence-corrected chi connectivity index (χ4v) is 1.27. The van der Waals surface area contributed by atoms with Crippen LogP contribution in [0.3, 0.4) is 0 Å². The van der Waals surface area contributed by atoms with Crippen LogP contribution in [0.2, 0.25) is 0 Å². The smallest absolute Gasteiger partial charge is 0.214 e. The van der Waals surface area contributed by atoms with E-state index in [0.717, 1.165) is 0 Å². The number of pyridine rings is 1. The van der Waals surface area contributed by atoms with Gasteiger partial charge in [0, 0.05) is 12.3 Å². The quantitative estimate of drug-likeness (QED) is 0.710. The Labute approximate surface area is 74.2 Å². The van der Waals surface area contributed by atoms with E-state index in [1.807, 2.05) is 6.92 Å². The van der Waals surface area contributed by atoms with E-state index in [2.05, 4.69) is 4.98 Å². The second-order valence-corrected chi connectivity index (χ2v) is 3.53. The minimum absolute atomic E-state index is 0.533. The van der Waals surface area contributed by atoms with E-state index in [9.17, 15) is 4.21 Å². The van der Waals surface area contributed by atoms with Crippen molar-refractivity contribution in [2.45, 2.75) is 11.9 Å². The van der Waals surface area contributed by atoms with Crippen molar-refractivity contribution in [1.29, 1.82) is 0 Å². The summed E-state index contributed by atoms with van der Waals surface area (Å²) in [6.07, 6.45) is 1.60. The van der Waals surface area contributed by atoms with Crippen LogP contribution in [0.4, 0.5) is 0 Å². The van der Waals surface area contributed by atoms with Crippen molar-refractivity contribution in [2.24, 2.45) is 0 Å². The van der Waals surface area contributed by atoms with Crippen LogP contribution in [0.5, 0.6) is 5.88 Å². The number of rotatable bonds is 3. The first-order valence-corrected chi connectivity index (χ1v) is 5.23. The molecule has 1 aromatic rings. The average Bonchev–Trinajstić information content (AvgIpc) is 2.05. The summed E-state index contributed by atoms with van der Waals surface area (Å²) in [5, 5.41) is 0.556. The van der Waals surface area contributed by atoms with Crippen molar-refractivity contribution in [3.8, 4) is 5.88 Å². The highest BCUT2D eigenvalue weighted by Crippen LogP contribution is 2.09. The van der Waals surface area contributed by atoms with Gasteiger partial charge in [-0.3, -0.25) is 4.21 Å². The molecule has 0 bridgehead atoms. The predicted octanol–water partition coefficient (Wildman–Crippen LogP) is 1.22. The molecule has 0 aliphatic heterocycles. The van der Waals surface area contributed by atoms with Crippen LogP contribution in [0, 0.1) is 0 Å². The Hall–Kier alpha value is -0.900. The number of nitrogens with zero attached hydrogens (tertiary/aromatic N) is 1. The Morgan fingerprint density at radius 1 is 1.58 bits per heavy atom. The van der Waals surface area contributed by atoms with Gasteiger partial charge in [-0.2, -0.15) is 0 Å². The fraction of sp³-hybridized carbons (Fsp3) is 0.375. The van der Waals surface area contributed by atoms with Gasteiger partial charge in [0.1, 0.15) is 5.03 Å². The zero-order valence-corrected chi connectivity index (χ0v) is 7.93. The minimum Gasteiger partial charge on any atom is -0.478 e. The lowest BCUT2D eigenvalue weighted by atomic mass is 10.5.